The molecule has 0 aromatic heterocycles. The Morgan fingerprint density at radius 2 is 1.77 bits per heavy atom. The van der Waals surface area contributed by atoms with Crippen LogP contribution in [0.5, 0.6) is 0 Å². The summed E-state index contributed by atoms with van der Waals surface area (Å²) in [5.74, 6) is -1.60. The van der Waals surface area contributed by atoms with Gasteiger partial charge in [0.15, 0.2) is 0 Å². The summed E-state index contributed by atoms with van der Waals surface area (Å²) >= 11 is 0. The number of carbonyl (C=O) groups excluding carboxylic acids is 1. The Kier molecular flexibility index (Phi) is 4.25. The molecule has 1 fully saturated rings. The van der Waals surface area contributed by atoms with Gasteiger partial charge in [0.25, 0.3) is 0 Å². The molecule has 0 aliphatic heterocycles. The Morgan fingerprint density at radius 1 is 1.23 bits per heavy atom. The molecule has 0 bridgehead atoms. The highest BCUT2D eigenvalue weighted by molar-refractivity contribution is 7.89. The van der Waals surface area contributed by atoms with Crippen LogP contribution < -0.4 is 10.0 Å². The van der Waals surface area contributed by atoms with Crippen LogP contribution in [0.4, 0.5) is 0 Å². The van der Waals surface area contributed by atoms with E-state index in [1.54, 1.807) is 19.1 Å². The number of amides is 1. The second kappa shape index (κ2) is 5.69. The van der Waals surface area contributed by atoms with Gasteiger partial charge >= 0.3 is 5.97 Å². The van der Waals surface area contributed by atoms with E-state index in [4.69, 9.17) is 5.11 Å². The first kappa shape index (κ1) is 16.4. The van der Waals surface area contributed by atoms with Gasteiger partial charge in [0.05, 0.1) is 10.9 Å². The number of hydrogen-bond acceptors (Lipinski definition) is 4. The zero-order valence-corrected chi connectivity index (χ0v) is 13.1. The number of carboxylic acid groups (broad SMARTS) is 1. The Bertz CT molecular complexity index is 692. The van der Waals surface area contributed by atoms with Crippen LogP contribution in [0.25, 0.3) is 0 Å². The lowest BCUT2D eigenvalue weighted by molar-refractivity contribution is -0.149. The van der Waals surface area contributed by atoms with E-state index in [0.29, 0.717) is 18.4 Å². The minimum Gasteiger partial charge on any atom is -0.480 e. The SMILES string of the molecule is CNS(=O)(=O)c1ccc(C(C)NC(=O)C2(C(=O)O)CC2)cc1. The van der Waals surface area contributed by atoms with Crippen molar-refractivity contribution < 1.29 is 23.1 Å². The number of rotatable bonds is 6. The molecule has 3 N–H and O–H groups in total. The molecule has 2 rings (SSSR count). The quantitative estimate of drug-likeness (QED) is 0.664. The maximum atomic E-state index is 12.0. The maximum Gasteiger partial charge on any atom is 0.319 e. The summed E-state index contributed by atoms with van der Waals surface area (Å²) in [5, 5.41) is 11.7. The Balaban J connectivity index is 2.09. The average Bonchev–Trinajstić information content (AvgIpc) is 3.29. The number of sulfonamides is 1. The summed E-state index contributed by atoms with van der Waals surface area (Å²) in [6.07, 6.45) is 0.695. The fraction of sp³-hybridized carbons (Fsp3) is 0.429. The molecule has 120 valence electrons. The molecule has 0 heterocycles. The van der Waals surface area contributed by atoms with Gasteiger partial charge in [-0.3, -0.25) is 9.59 Å². The summed E-state index contributed by atoms with van der Waals surface area (Å²) in [5.41, 5.74) is -0.589. The van der Waals surface area contributed by atoms with Crippen LogP contribution in [-0.2, 0) is 19.6 Å². The van der Waals surface area contributed by atoms with Gasteiger partial charge in [-0.05, 0) is 44.5 Å². The van der Waals surface area contributed by atoms with Gasteiger partial charge in [0.1, 0.15) is 5.41 Å². The third kappa shape index (κ3) is 2.97. The Morgan fingerprint density at radius 3 is 2.18 bits per heavy atom. The first-order valence-corrected chi connectivity index (χ1v) is 8.29. The van der Waals surface area contributed by atoms with Crippen molar-refractivity contribution in [2.45, 2.75) is 30.7 Å². The van der Waals surface area contributed by atoms with E-state index in [-0.39, 0.29) is 4.90 Å². The normalized spacial score (nSPS) is 17.5. The van der Waals surface area contributed by atoms with Gasteiger partial charge < -0.3 is 10.4 Å². The summed E-state index contributed by atoms with van der Waals surface area (Å²) in [6, 6.07) is 5.66. The third-order valence-corrected chi connectivity index (χ3v) is 5.33. The van der Waals surface area contributed by atoms with Crippen molar-refractivity contribution in [2.24, 2.45) is 5.41 Å². The van der Waals surface area contributed by atoms with Crippen molar-refractivity contribution in [3.8, 4) is 0 Å². The standard InChI is InChI=1S/C14H18N2O5S/c1-9(16-12(17)14(7-8-14)13(18)19)10-3-5-11(6-4-10)22(20,21)15-2/h3-6,9,15H,7-8H2,1-2H3,(H,16,17)(H,18,19). The van der Waals surface area contributed by atoms with Crippen LogP contribution in [0, 0.1) is 5.41 Å². The van der Waals surface area contributed by atoms with Crippen LogP contribution in [0.2, 0.25) is 0 Å². The first-order chi connectivity index (χ1) is 10.2. The van der Waals surface area contributed by atoms with Crippen molar-refractivity contribution >= 4 is 21.9 Å². The molecule has 7 nitrogen and oxygen atoms in total. The summed E-state index contributed by atoms with van der Waals surface area (Å²) < 4.78 is 25.5. The molecule has 0 spiro atoms. The zero-order chi connectivity index (χ0) is 16.5. The minimum atomic E-state index is -3.50. The molecule has 1 unspecified atom stereocenters. The van der Waals surface area contributed by atoms with Gasteiger partial charge in [-0.1, -0.05) is 12.1 Å². The minimum absolute atomic E-state index is 0.126. The van der Waals surface area contributed by atoms with Gasteiger partial charge in [0, 0.05) is 0 Å². The molecule has 1 aromatic carbocycles. The second-order valence-corrected chi connectivity index (χ2v) is 7.25. The highest BCUT2D eigenvalue weighted by atomic mass is 32.2. The number of carbonyl (C=O) groups is 2. The van der Waals surface area contributed by atoms with Gasteiger partial charge in [-0.15, -0.1) is 0 Å². The van der Waals surface area contributed by atoms with E-state index in [1.165, 1.54) is 19.2 Å². The highest BCUT2D eigenvalue weighted by Gasteiger charge is 2.57. The van der Waals surface area contributed by atoms with Crippen LogP contribution in [0.15, 0.2) is 29.2 Å². The van der Waals surface area contributed by atoms with E-state index < -0.39 is 33.4 Å². The predicted molar refractivity (Wildman–Crippen MR) is 78.5 cm³/mol. The lowest BCUT2D eigenvalue weighted by Crippen LogP contribution is -2.38. The molecule has 0 saturated heterocycles. The van der Waals surface area contributed by atoms with Crippen LogP contribution in [0.1, 0.15) is 31.4 Å². The topological polar surface area (TPSA) is 113 Å². The predicted octanol–water partition coefficient (Wildman–Crippen LogP) is 0.637. The molecule has 1 aromatic rings. The van der Waals surface area contributed by atoms with Crippen LogP contribution in [-0.4, -0.2) is 32.4 Å². The van der Waals surface area contributed by atoms with Crippen LogP contribution in [0.3, 0.4) is 0 Å². The monoisotopic (exact) mass is 326 g/mol. The van der Waals surface area contributed by atoms with Gasteiger partial charge in [-0.2, -0.15) is 0 Å². The van der Waals surface area contributed by atoms with Gasteiger partial charge in [0.2, 0.25) is 15.9 Å². The van der Waals surface area contributed by atoms with Crippen molar-refractivity contribution in [1.82, 2.24) is 10.0 Å². The smallest absolute Gasteiger partial charge is 0.319 e. The highest BCUT2D eigenvalue weighted by Crippen LogP contribution is 2.46. The van der Waals surface area contributed by atoms with E-state index in [9.17, 15) is 18.0 Å². The fourth-order valence-electron chi connectivity index (χ4n) is 2.13. The van der Waals surface area contributed by atoms with Gasteiger partial charge in [-0.25, -0.2) is 13.1 Å². The van der Waals surface area contributed by atoms with E-state index in [2.05, 4.69) is 10.0 Å². The summed E-state index contributed by atoms with van der Waals surface area (Å²) in [6.45, 7) is 1.72. The fourth-order valence-corrected chi connectivity index (χ4v) is 2.86. The Hall–Kier alpha value is -1.93. The average molecular weight is 326 g/mol. The summed E-state index contributed by atoms with van der Waals surface area (Å²) in [7, 11) is -2.18. The lowest BCUT2D eigenvalue weighted by atomic mass is 10.0. The number of hydrogen-bond donors (Lipinski definition) is 3. The molecule has 1 aliphatic carbocycles. The second-order valence-electron chi connectivity index (χ2n) is 5.36. The molecule has 0 radical (unpaired) electrons. The number of benzene rings is 1. The number of nitrogens with one attached hydrogen (secondary N) is 2. The molecular formula is C14H18N2O5S. The van der Waals surface area contributed by atoms with E-state index in [0.717, 1.165) is 0 Å². The number of aliphatic carboxylic acids is 1. The molecule has 1 amide bonds. The molecular weight excluding hydrogens is 308 g/mol. The molecule has 1 aliphatic rings. The van der Waals surface area contributed by atoms with E-state index in [1.807, 2.05) is 0 Å². The van der Waals surface area contributed by atoms with E-state index >= 15 is 0 Å². The maximum absolute atomic E-state index is 12.0. The Labute approximate surface area is 128 Å². The van der Waals surface area contributed by atoms with Crippen molar-refractivity contribution in [2.75, 3.05) is 7.05 Å². The van der Waals surface area contributed by atoms with Crippen molar-refractivity contribution in [3.63, 3.8) is 0 Å². The van der Waals surface area contributed by atoms with Crippen LogP contribution >= 0.6 is 0 Å². The lowest BCUT2D eigenvalue weighted by Gasteiger charge is -2.17. The summed E-state index contributed by atoms with van der Waals surface area (Å²) in [4.78, 5) is 23.3. The molecule has 22 heavy (non-hydrogen) atoms. The first-order valence-electron chi connectivity index (χ1n) is 6.81. The molecule has 8 heteroatoms. The molecule has 1 saturated carbocycles. The van der Waals surface area contributed by atoms with Crippen molar-refractivity contribution in [3.05, 3.63) is 29.8 Å². The van der Waals surface area contributed by atoms with Crippen molar-refractivity contribution in [1.29, 1.82) is 0 Å². The number of carboxylic acids is 1. The zero-order valence-electron chi connectivity index (χ0n) is 12.3. The largest absolute Gasteiger partial charge is 0.480 e. The molecule has 1 atom stereocenters. The third-order valence-electron chi connectivity index (χ3n) is 3.90.